The first kappa shape index (κ1) is 9.44. The van der Waals surface area contributed by atoms with E-state index in [1.165, 1.54) is 19.3 Å². The molecule has 3 atom stereocenters. The standard InChI is InChI=1S/C10H19NO2/c1-12-10-4-2-3-9(10)11-8-5-6-13-7-8/h8-11H,2-7H2,1H3. The highest BCUT2D eigenvalue weighted by Crippen LogP contribution is 2.22. The van der Waals surface area contributed by atoms with E-state index < -0.39 is 0 Å². The Balaban J connectivity index is 1.79. The molecule has 1 aliphatic heterocycles. The lowest BCUT2D eigenvalue weighted by Crippen LogP contribution is -2.43. The van der Waals surface area contributed by atoms with Crippen LogP contribution in [0.2, 0.25) is 0 Å². The summed E-state index contributed by atoms with van der Waals surface area (Å²) in [6.07, 6.45) is 5.36. The predicted octanol–water partition coefficient (Wildman–Crippen LogP) is 0.932. The van der Waals surface area contributed by atoms with E-state index in [1.807, 2.05) is 7.11 Å². The van der Waals surface area contributed by atoms with Crippen LogP contribution in [0.5, 0.6) is 0 Å². The minimum absolute atomic E-state index is 0.431. The van der Waals surface area contributed by atoms with Crippen molar-refractivity contribution in [2.24, 2.45) is 0 Å². The number of rotatable bonds is 3. The lowest BCUT2D eigenvalue weighted by Gasteiger charge is -2.22. The van der Waals surface area contributed by atoms with Crippen LogP contribution in [-0.2, 0) is 9.47 Å². The lowest BCUT2D eigenvalue weighted by atomic mass is 10.1. The molecule has 0 aromatic rings. The quantitative estimate of drug-likeness (QED) is 0.709. The van der Waals surface area contributed by atoms with Crippen LogP contribution in [0.4, 0.5) is 0 Å². The monoisotopic (exact) mass is 185 g/mol. The van der Waals surface area contributed by atoms with Crippen molar-refractivity contribution in [2.75, 3.05) is 20.3 Å². The Morgan fingerprint density at radius 3 is 2.92 bits per heavy atom. The van der Waals surface area contributed by atoms with Gasteiger partial charge in [0.25, 0.3) is 0 Å². The topological polar surface area (TPSA) is 30.5 Å². The van der Waals surface area contributed by atoms with Crippen LogP contribution >= 0.6 is 0 Å². The second-order valence-electron chi connectivity index (χ2n) is 4.04. The second kappa shape index (κ2) is 4.40. The maximum atomic E-state index is 5.43. The first-order valence-electron chi connectivity index (χ1n) is 5.26. The number of nitrogens with one attached hydrogen (secondary N) is 1. The molecule has 3 nitrogen and oxygen atoms in total. The largest absolute Gasteiger partial charge is 0.380 e. The Morgan fingerprint density at radius 1 is 1.31 bits per heavy atom. The molecule has 0 spiro atoms. The van der Waals surface area contributed by atoms with Gasteiger partial charge in [0.1, 0.15) is 0 Å². The summed E-state index contributed by atoms with van der Waals surface area (Å²) in [4.78, 5) is 0. The summed E-state index contributed by atoms with van der Waals surface area (Å²) >= 11 is 0. The molecule has 1 saturated carbocycles. The molecule has 0 aromatic heterocycles. The van der Waals surface area contributed by atoms with Crippen molar-refractivity contribution in [1.29, 1.82) is 0 Å². The van der Waals surface area contributed by atoms with Gasteiger partial charge in [-0.1, -0.05) is 0 Å². The van der Waals surface area contributed by atoms with Gasteiger partial charge >= 0.3 is 0 Å². The molecule has 1 heterocycles. The van der Waals surface area contributed by atoms with Crippen molar-refractivity contribution >= 4 is 0 Å². The maximum Gasteiger partial charge on any atom is 0.0724 e. The van der Waals surface area contributed by atoms with E-state index in [4.69, 9.17) is 9.47 Å². The Labute approximate surface area is 79.8 Å². The van der Waals surface area contributed by atoms with Crippen molar-refractivity contribution in [2.45, 2.75) is 43.9 Å². The van der Waals surface area contributed by atoms with Crippen LogP contribution in [0.15, 0.2) is 0 Å². The molecule has 0 bridgehead atoms. The summed E-state index contributed by atoms with van der Waals surface area (Å²) in [7, 11) is 1.82. The highest BCUT2D eigenvalue weighted by molar-refractivity contribution is 4.87. The van der Waals surface area contributed by atoms with E-state index in [0.717, 1.165) is 19.6 Å². The molecule has 13 heavy (non-hydrogen) atoms. The molecule has 1 aliphatic carbocycles. The molecule has 3 heteroatoms. The first-order valence-corrected chi connectivity index (χ1v) is 5.26. The zero-order valence-corrected chi connectivity index (χ0v) is 8.29. The summed E-state index contributed by atoms with van der Waals surface area (Å²) in [5.41, 5.74) is 0. The highest BCUT2D eigenvalue weighted by Gasteiger charge is 2.29. The third kappa shape index (κ3) is 2.22. The fourth-order valence-corrected chi connectivity index (χ4v) is 2.37. The molecule has 0 amide bonds. The fraction of sp³-hybridized carbons (Fsp3) is 1.00. The highest BCUT2D eigenvalue weighted by atomic mass is 16.5. The number of methoxy groups -OCH3 is 1. The molecule has 3 unspecified atom stereocenters. The predicted molar refractivity (Wildman–Crippen MR) is 50.8 cm³/mol. The van der Waals surface area contributed by atoms with Crippen LogP contribution in [0.3, 0.4) is 0 Å². The zero-order chi connectivity index (χ0) is 9.10. The Bertz CT molecular complexity index is 157. The number of hydrogen-bond acceptors (Lipinski definition) is 3. The van der Waals surface area contributed by atoms with Gasteiger partial charge in [0.05, 0.1) is 12.7 Å². The summed E-state index contributed by atoms with van der Waals surface area (Å²) in [6, 6.07) is 1.14. The third-order valence-electron chi connectivity index (χ3n) is 3.13. The maximum absolute atomic E-state index is 5.43. The molecule has 2 rings (SSSR count). The van der Waals surface area contributed by atoms with Crippen LogP contribution in [0.1, 0.15) is 25.7 Å². The molecule has 76 valence electrons. The average molecular weight is 185 g/mol. The zero-order valence-electron chi connectivity index (χ0n) is 8.29. The van der Waals surface area contributed by atoms with Gasteiger partial charge in [-0.25, -0.2) is 0 Å². The lowest BCUT2D eigenvalue weighted by molar-refractivity contribution is 0.0800. The molecule has 1 saturated heterocycles. The Morgan fingerprint density at radius 2 is 2.23 bits per heavy atom. The van der Waals surface area contributed by atoms with Crippen LogP contribution in [0, 0.1) is 0 Å². The van der Waals surface area contributed by atoms with Crippen LogP contribution < -0.4 is 5.32 Å². The normalized spacial score (nSPS) is 39.9. The van der Waals surface area contributed by atoms with Crippen molar-refractivity contribution in [3.8, 4) is 0 Å². The van der Waals surface area contributed by atoms with E-state index in [-0.39, 0.29) is 0 Å². The van der Waals surface area contributed by atoms with Gasteiger partial charge in [-0.2, -0.15) is 0 Å². The van der Waals surface area contributed by atoms with Gasteiger partial charge in [0.15, 0.2) is 0 Å². The van der Waals surface area contributed by atoms with Crippen LogP contribution in [-0.4, -0.2) is 38.5 Å². The first-order chi connectivity index (χ1) is 6.40. The summed E-state index contributed by atoms with van der Waals surface area (Å²) in [5, 5.41) is 3.63. The van der Waals surface area contributed by atoms with E-state index in [2.05, 4.69) is 5.32 Å². The molecule has 2 fully saturated rings. The molecule has 2 aliphatic rings. The average Bonchev–Trinajstić information content (AvgIpc) is 2.76. The molecular formula is C10H19NO2. The summed E-state index contributed by atoms with van der Waals surface area (Å²) in [5.74, 6) is 0. The fourth-order valence-electron chi connectivity index (χ4n) is 2.37. The van der Waals surface area contributed by atoms with Gasteiger partial charge in [-0.3, -0.25) is 0 Å². The van der Waals surface area contributed by atoms with Gasteiger partial charge < -0.3 is 14.8 Å². The van der Waals surface area contributed by atoms with Gasteiger partial charge in [0.2, 0.25) is 0 Å². The van der Waals surface area contributed by atoms with E-state index in [1.54, 1.807) is 0 Å². The third-order valence-corrected chi connectivity index (χ3v) is 3.13. The SMILES string of the molecule is COC1CCCC1NC1CCOC1. The van der Waals surface area contributed by atoms with E-state index in [9.17, 15) is 0 Å². The second-order valence-corrected chi connectivity index (χ2v) is 4.04. The van der Waals surface area contributed by atoms with Gasteiger partial charge in [-0.05, 0) is 25.7 Å². The Hall–Kier alpha value is -0.120. The van der Waals surface area contributed by atoms with Crippen molar-refractivity contribution < 1.29 is 9.47 Å². The minimum atomic E-state index is 0.431. The molecule has 0 radical (unpaired) electrons. The summed E-state index contributed by atoms with van der Waals surface area (Å²) in [6.45, 7) is 1.80. The van der Waals surface area contributed by atoms with Crippen LogP contribution in [0.25, 0.3) is 0 Å². The molecular weight excluding hydrogens is 166 g/mol. The molecule has 0 aromatic carbocycles. The number of hydrogen-bond donors (Lipinski definition) is 1. The molecule has 1 N–H and O–H groups in total. The van der Waals surface area contributed by atoms with Gasteiger partial charge in [0, 0.05) is 25.8 Å². The van der Waals surface area contributed by atoms with E-state index >= 15 is 0 Å². The number of ether oxygens (including phenoxy) is 2. The smallest absolute Gasteiger partial charge is 0.0724 e. The van der Waals surface area contributed by atoms with E-state index in [0.29, 0.717) is 18.2 Å². The van der Waals surface area contributed by atoms with Gasteiger partial charge in [-0.15, -0.1) is 0 Å². The summed E-state index contributed by atoms with van der Waals surface area (Å²) < 4.78 is 10.8. The Kier molecular flexibility index (Phi) is 3.19. The van der Waals surface area contributed by atoms with Crippen molar-refractivity contribution in [3.05, 3.63) is 0 Å². The van der Waals surface area contributed by atoms with Crippen molar-refractivity contribution in [3.63, 3.8) is 0 Å². The van der Waals surface area contributed by atoms with Crippen molar-refractivity contribution in [1.82, 2.24) is 5.32 Å². The minimum Gasteiger partial charge on any atom is -0.380 e.